The summed E-state index contributed by atoms with van der Waals surface area (Å²) < 4.78 is 53.3. The molecule has 2 aromatic carbocycles. The molecule has 2 aromatic rings. The second-order valence-corrected chi connectivity index (χ2v) is 10.3. The maximum absolute atomic E-state index is 12.7. The zero-order valence-electron chi connectivity index (χ0n) is 15.0. The molecule has 1 aliphatic heterocycles. The maximum atomic E-state index is 12.7. The minimum Gasteiger partial charge on any atom is -0.280 e. The molecule has 1 N–H and O–H groups in total. The quantitative estimate of drug-likeness (QED) is 0.864. The Morgan fingerprint density at radius 1 is 0.962 bits per heavy atom. The molecule has 0 bridgehead atoms. The fraction of sp³-hybridized carbons (Fsp3) is 0.333. The first-order valence-electron chi connectivity index (χ1n) is 8.31. The molecule has 0 amide bonds. The summed E-state index contributed by atoms with van der Waals surface area (Å²) in [5.74, 6) is 0.146. The van der Waals surface area contributed by atoms with E-state index in [0.717, 1.165) is 11.1 Å². The predicted molar refractivity (Wildman–Crippen MR) is 104 cm³/mol. The number of aryl methyl sites for hydroxylation is 3. The SMILES string of the molecule is Cc1cc(C)c(S(=O)(=O)Nc2ccc(N3CCCS3(=O)=O)cc2)cc1C. The summed E-state index contributed by atoms with van der Waals surface area (Å²) in [6.45, 7) is 6.04. The summed E-state index contributed by atoms with van der Waals surface area (Å²) in [5, 5.41) is 0. The van der Waals surface area contributed by atoms with E-state index in [2.05, 4.69) is 4.72 Å². The van der Waals surface area contributed by atoms with Crippen molar-refractivity contribution in [2.75, 3.05) is 21.3 Å². The van der Waals surface area contributed by atoms with E-state index in [4.69, 9.17) is 0 Å². The van der Waals surface area contributed by atoms with Crippen LogP contribution in [0.25, 0.3) is 0 Å². The molecule has 8 heteroatoms. The summed E-state index contributed by atoms with van der Waals surface area (Å²) in [6.07, 6.45) is 0.600. The van der Waals surface area contributed by atoms with Crippen molar-refractivity contribution in [3.05, 3.63) is 53.1 Å². The molecule has 0 saturated carbocycles. The van der Waals surface area contributed by atoms with Crippen LogP contribution in [-0.2, 0) is 20.0 Å². The number of anilines is 2. The lowest BCUT2D eigenvalue weighted by molar-refractivity contribution is 0.598. The predicted octanol–water partition coefficient (Wildman–Crippen LogP) is 2.95. The summed E-state index contributed by atoms with van der Waals surface area (Å²) >= 11 is 0. The van der Waals surface area contributed by atoms with Crippen LogP contribution in [0.3, 0.4) is 0 Å². The van der Waals surface area contributed by atoms with Gasteiger partial charge < -0.3 is 0 Å². The average Bonchev–Trinajstić information content (AvgIpc) is 2.90. The van der Waals surface area contributed by atoms with Gasteiger partial charge in [-0.25, -0.2) is 16.8 Å². The van der Waals surface area contributed by atoms with Crippen molar-refractivity contribution in [2.45, 2.75) is 32.1 Å². The largest absolute Gasteiger partial charge is 0.280 e. The van der Waals surface area contributed by atoms with Gasteiger partial charge >= 0.3 is 0 Å². The molecule has 0 unspecified atom stereocenters. The van der Waals surface area contributed by atoms with Crippen molar-refractivity contribution in [1.29, 1.82) is 0 Å². The highest BCUT2D eigenvalue weighted by molar-refractivity contribution is 7.93. The number of hydrogen-bond acceptors (Lipinski definition) is 4. The Bertz CT molecular complexity index is 1040. The van der Waals surface area contributed by atoms with E-state index in [0.29, 0.717) is 29.9 Å². The number of nitrogens with zero attached hydrogens (tertiary/aromatic N) is 1. The van der Waals surface area contributed by atoms with Gasteiger partial charge in [0.1, 0.15) is 0 Å². The van der Waals surface area contributed by atoms with Crippen LogP contribution in [0.2, 0.25) is 0 Å². The second kappa shape index (κ2) is 6.59. The molecule has 1 fully saturated rings. The van der Waals surface area contributed by atoms with Gasteiger partial charge in [-0.15, -0.1) is 0 Å². The van der Waals surface area contributed by atoms with Crippen LogP contribution in [0.15, 0.2) is 41.3 Å². The van der Waals surface area contributed by atoms with Crippen LogP contribution in [0, 0.1) is 20.8 Å². The molecule has 0 aromatic heterocycles. The number of sulfonamides is 2. The lowest BCUT2D eigenvalue weighted by atomic mass is 10.1. The number of rotatable bonds is 4. The smallest absolute Gasteiger partial charge is 0.262 e. The molecule has 6 nitrogen and oxygen atoms in total. The van der Waals surface area contributed by atoms with Gasteiger partial charge in [0.05, 0.1) is 16.3 Å². The Balaban J connectivity index is 1.86. The van der Waals surface area contributed by atoms with Gasteiger partial charge in [0.2, 0.25) is 10.0 Å². The van der Waals surface area contributed by atoms with E-state index in [-0.39, 0.29) is 10.6 Å². The highest BCUT2D eigenvalue weighted by Crippen LogP contribution is 2.27. The topological polar surface area (TPSA) is 83.6 Å². The van der Waals surface area contributed by atoms with E-state index in [9.17, 15) is 16.8 Å². The van der Waals surface area contributed by atoms with E-state index in [1.807, 2.05) is 19.9 Å². The lowest BCUT2D eigenvalue weighted by Gasteiger charge is -2.17. The van der Waals surface area contributed by atoms with E-state index in [1.54, 1.807) is 37.3 Å². The standard InChI is InChI=1S/C18H22N2O4S2/c1-13-11-15(3)18(12-14(13)2)26(23,24)19-16-5-7-17(8-6-16)20-9-4-10-25(20,21)22/h5-8,11-12,19H,4,9-10H2,1-3H3. The first-order valence-corrected chi connectivity index (χ1v) is 11.4. The molecule has 1 aliphatic rings. The number of benzene rings is 2. The number of nitrogens with one attached hydrogen (secondary N) is 1. The summed E-state index contributed by atoms with van der Waals surface area (Å²) in [7, 11) is -6.97. The zero-order chi connectivity index (χ0) is 19.1. The summed E-state index contributed by atoms with van der Waals surface area (Å²) in [4.78, 5) is 0.242. The molecular weight excluding hydrogens is 372 g/mol. The molecule has 3 rings (SSSR count). The monoisotopic (exact) mass is 394 g/mol. The van der Waals surface area contributed by atoms with Crippen molar-refractivity contribution in [2.24, 2.45) is 0 Å². The highest BCUT2D eigenvalue weighted by Gasteiger charge is 2.28. The third-order valence-corrected chi connectivity index (χ3v) is 7.98. The maximum Gasteiger partial charge on any atom is 0.262 e. The Labute approximate surface area is 155 Å². The van der Waals surface area contributed by atoms with Gasteiger partial charge in [0, 0.05) is 12.2 Å². The highest BCUT2D eigenvalue weighted by atomic mass is 32.2. The zero-order valence-corrected chi connectivity index (χ0v) is 16.6. The van der Waals surface area contributed by atoms with Gasteiger partial charge in [0.15, 0.2) is 0 Å². The van der Waals surface area contributed by atoms with Crippen LogP contribution < -0.4 is 9.03 Å². The fourth-order valence-electron chi connectivity index (χ4n) is 3.06. The molecule has 1 heterocycles. The third-order valence-electron chi connectivity index (χ3n) is 4.59. The first kappa shape index (κ1) is 18.7. The van der Waals surface area contributed by atoms with Gasteiger partial charge in [-0.3, -0.25) is 9.03 Å². The molecule has 26 heavy (non-hydrogen) atoms. The molecule has 1 saturated heterocycles. The van der Waals surface area contributed by atoms with E-state index in [1.165, 1.54) is 4.31 Å². The van der Waals surface area contributed by atoms with E-state index < -0.39 is 20.0 Å². The summed E-state index contributed by atoms with van der Waals surface area (Å²) in [5.41, 5.74) is 3.57. The van der Waals surface area contributed by atoms with Crippen molar-refractivity contribution in [1.82, 2.24) is 0 Å². The summed E-state index contributed by atoms with van der Waals surface area (Å²) in [6, 6.07) is 9.92. The van der Waals surface area contributed by atoms with E-state index >= 15 is 0 Å². The lowest BCUT2D eigenvalue weighted by Crippen LogP contribution is -2.25. The van der Waals surface area contributed by atoms with Crippen LogP contribution >= 0.6 is 0 Å². The number of hydrogen-bond donors (Lipinski definition) is 1. The average molecular weight is 395 g/mol. The minimum absolute atomic E-state index is 0.146. The van der Waals surface area contributed by atoms with Crippen LogP contribution in [0.1, 0.15) is 23.1 Å². The van der Waals surface area contributed by atoms with Crippen molar-refractivity contribution < 1.29 is 16.8 Å². The van der Waals surface area contributed by atoms with Gasteiger partial charge in [-0.2, -0.15) is 0 Å². The van der Waals surface area contributed by atoms with Crippen LogP contribution in [0.4, 0.5) is 11.4 Å². The van der Waals surface area contributed by atoms with Gasteiger partial charge in [-0.1, -0.05) is 6.07 Å². The minimum atomic E-state index is -3.72. The van der Waals surface area contributed by atoms with Gasteiger partial charge in [-0.05, 0) is 74.2 Å². The first-order chi connectivity index (χ1) is 12.1. The van der Waals surface area contributed by atoms with Gasteiger partial charge in [0.25, 0.3) is 10.0 Å². The van der Waals surface area contributed by atoms with Crippen molar-refractivity contribution in [3.8, 4) is 0 Å². The second-order valence-electron chi connectivity index (χ2n) is 6.60. The molecular formula is C18H22N2O4S2. The Hall–Kier alpha value is -2.06. The molecule has 0 spiro atoms. The fourth-order valence-corrected chi connectivity index (χ4v) is 5.99. The van der Waals surface area contributed by atoms with Crippen molar-refractivity contribution >= 4 is 31.4 Å². The molecule has 140 valence electrons. The Kier molecular flexibility index (Phi) is 4.74. The van der Waals surface area contributed by atoms with Crippen LogP contribution in [-0.4, -0.2) is 29.1 Å². The van der Waals surface area contributed by atoms with Crippen LogP contribution in [0.5, 0.6) is 0 Å². The molecule has 0 radical (unpaired) electrons. The Morgan fingerprint density at radius 2 is 1.58 bits per heavy atom. The van der Waals surface area contributed by atoms with Crippen molar-refractivity contribution in [3.63, 3.8) is 0 Å². The normalized spacial score (nSPS) is 16.7. The molecule has 0 atom stereocenters. The Morgan fingerprint density at radius 3 is 2.15 bits per heavy atom. The molecule has 0 aliphatic carbocycles. The third kappa shape index (κ3) is 3.57.